The second-order valence-corrected chi connectivity index (χ2v) is 13.7. The zero-order chi connectivity index (χ0) is 34.0. The van der Waals surface area contributed by atoms with Gasteiger partial charge in [0.1, 0.15) is 0 Å². The summed E-state index contributed by atoms with van der Waals surface area (Å²) in [5, 5.41) is 4.94. The zero-order valence-corrected chi connectivity index (χ0v) is 28.7. The number of anilines is 6. The maximum atomic E-state index is 2.33. The van der Waals surface area contributed by atoms with E-state index in [0.29, 0.717) is 0 Å². The summed E-state index contributed by atoms with van der Waals surface area (Å²) in [5.74, 6) is 0. The number of thiophene rings is 1. The van der Waals surface area contributed by atoms with Crippen molar-refractivity contribution < 1.29 is 0 Å². The van der Waals surface area contributed by atoms with Crippen molar-refractivity contribution in [2.24, 2.45) is 0 Å². The number of hydrogen-bond acceptors (Lipinski definition) is 3. The van der Waals surface area contributed by atoms with Crippen molar-refractivity contribution in [3.8, 4) is 20.9 Å². The Morgan fingerprint density at radius 1 is 0.255 bits per heavy atom. The molecule has 0 amide bonds. The summed E-state index contributed by atoms with van der Waals surface area (Å²) in [6, 6.07) is 74.0. The molecule has 0 aliphatic carbocycles. The molecule has 9 aromatic rings. The zero-order valence-electron chi connectivity index (χ0n) is 27.9. The average molecular weight is 671 g/mol. The predicted molar refractivity (Wildman–Crippen MR) is 220 cm³/mol. The van der Waals surface area contributed by atoms with Gasteiger partial charge in [0.25, 0.3) is 0 Å². The van der Waals surface area contributed by atoms with Gasteiger partial charge in [0.2, 0.25) is 0 Å². The van der Waals surface area contributed by atoms with Gasteiger partial charge in [-0.25, -0.2) is 0 Å². The number of para-hydroxylation sites is 2. The molecule has 51 heavy (non-hydrogen) atoms. The van der Waals surface area contributed by atoms with E-state index in [1.54, 1.807) is 0 Å². The van der Waals surface area contributed by atoms with Crippen LogP contribution < -0.4 is 9.80 Å². The lowest BCUT2D eigenvalue weighted by atomic mass is 10.1. The summed E-state index contributed by atoms with van der Waals surface area (Å²) in [6.45, 7) is 0. The van der Waals surface area contributed by atoms with Crippen molar-refractivity contribution in [3.05, 3.63) is 206 Å². The lowest BCUT2D eigenvalue weighted by Gasteiger charge is -2.26. The molecule has 0 unspecified atom stereocenters. The molecule has 0 atom stereocenters. The quantitative estimate of drug-likeness (QED) is 0.159. The van der Waals surface area contributed by atoms with Crippen LogP contribution in [0.15, 0.2) is 206 Å². The Kier molecular flexibility index (Phi) is 8.09. The highest BCUT2D eigenvalue weighted by Gasteiger charge is 2.16. The molecule has 242 valence electrons. The molecule has 0 saturated heterocycles. The lowest BCUT2D eigenvalue weighted by molar-refractivity contribution is 1.29. The third-order valence-corrected chi connectivity index (χ3v) is 10.6. The van der Waals surface area contributed by atoms with Gasteiger partial charge in [0.05, 0.1) is 0 Å². The summed E-state index contributed by atoms with van der Waals surface area (Å²) < 4.78 is 0. The Morgan fingerprint density at radius 3 is 1.00 bits per heavy atom. The van der Waals surface area contributed by atoms with Gasteiger partial charge in [-0.1, -0.05) is 121 Å². The molecular formula is C48H34N2S. The van der Waals surface area contributed by atoms with Gasteiger partial charge in [-0.15, -0.1) is 11.3 Å². The SMILES string of the molecule is c1ccc(N(c2ccc(-c3ccc(-c4ccc(N(c5ccccc5)c5ccc6ccccc6c5)cc4)s3)cc2)c2ccc3ccccc3c2)cc1. The smallest absolute Gasteiger partial charge is 0.0468 e. The third kappa shape index (κ3) is 6.16. The summed E-state index contributed by atoms with van der Waals surface area (Å²) in [5.41, 5.74) is 9.22. The van der Waals surface area contributed by atoms with Gasteiger partial charge in [-0.2, -0.15) is 0 Å². The second-order valence-electron chi connectivity index (χ2n) is 12.7. The van der Waals surface area contributed by atoms with Crippen LogP contribution in [0.5, 0.6) is 0 Å². The monoisotopic (exact) mass is 670 g/mol. The molecule has 0 N–H and O–H groups in total. The van der Waals surface area contributed by atoms with Crippen LogP contribution >= 0.6 is 11.3 Å². The van der Waals surface area contributed by atoms with E-state index in [0.717, 1.165) is 34.1 Å². The fourth-order valence-corrected chi connectivity index (χ4v) is 7.89. The van der Waals surface area contributed by atoms with E-state index in [1.165, 1.54) is 42.4 Å². The van der Waals surface area contributed by atoms with E-state index in [-0.39, 0.29) is 0 Å². The molecule has 2 nitrogen and oxygen atoms in total. The van der Waals surface area contributed by atoms with Crippen LogP contribution in [0.4, 0.5) is 34.1 Å². The molecule has 1 heterocycles. The number of rotatable bonds is 8. The molecule has 0 spiro atoms. The highest BCUT2D eigenvalue weighted by molar-refractivity contribution is 7.18. The minimum absolute atomic E-state index is 1.13. The van der Waals surface area contributed by atoms with E-state index in [4.69, 9.17) is 0 Å². The predicted octanol–water partition coefficient (Wildman–Crippen LogP) is 14.3. The van der Waals surface area contributed by atoms with Crippen LogP contribution in [0.2, 0.25) is 0 Å². The molecule has 0 radical (unpaired) electrons. The van der Waals surface area contributed by atoms with Crippen molar-refractivity contribution in [2.75, 3.05) is 9.80 Å². The molecule has 0 fully saturated rings. The van der Waals surface area contributed by atoms with Crippen molar-refractivity contribution in [2.45, 2.75) is 0 Å². The summed E-state index contributed by atoms with van der Waals surface area (Å²) >= 11 is 1.83. The first-order chi connectivity index (χ1) is 25.3. The van der Waals surface area contributed by atoms with E-state index in [9.17, 15) is 0 Å². The van der Waals surface area contributed by atoms with Gasteiger partial charge in [-0.3, -0.25) is 0 Å². The molecule has 9 rings (SSSR count). The number of nitrogens with zero attached hydrogens (tertiary/aromatic N) is 2. The minimum atomic E-state index is 1.13. The van der Waals surface area contributed by atoms with E-state index >= 15 is 0 Å². The molecule has 0 aliphatic heterocycles. The van der Waals surface area contributed by atoms with Crippen molar-refractivity contribution >= 4 is 67.0 Å². The summed E-state index contributed by atoms with van der Waals surface area (Å²) in [7, 11) is 0. The molecule has 8 aromatic carbocycles. The van der Waals surface area contributed by atoms with Crippen LogP contribution in [-0.4, -0.2) is 0 Å². The fourth-order valence-electron chi connectivity index (χ4n) is 6.88. The van der Waals surface area contributed by atoms with Crippen LogP contribution in [0, 0.1) is 0 Å². The summed E-state index contributed by atoms with van der Waals surface area (Å²) in [4.78, 5) is 7.15. The van der Waals surface area contributed by atoms with Gasteiger partial charge >= 0.3 is 0 Å². The average Bonchev–Trinajstić information content (AvgIpc) is 3.70. The first-order valence-corrected chi connectivity index (χ1v) is 18.1. The standard InChI is InChI=1S/C48H34N2S/c1-3-15-41(16-4-1)49(45-29-19-35-11-7-9-13-39(35)33-45)43-25-21-37(22-26-43)47-31-32-48(51-47)38-23-27-44(28-24-38)50(42-17-5-2-6-18-42)46-30-20-36-12-8-10-14-40(36)34-46/h1-34H. The van der Waals surface area contributed by atoms with Crippen LogP contribution in [0.3, 0.4) is 0 Å². The minimum Gasteiger partial charge on any atom is -0.310 e. The Morgan fingerprint density at radius 2 is 0.588 bits per heavy atom. The Bertz CT molecular complexity index is 2390. The van der Waals surface area contributed by atoms with Crippen LogP contribution in [-0.2, 0) is 0 Å². The van der Waals surface area contributed by atoms with E-state index < -0.39 is 0 Å². The first-order valence-electron chi connectivity index (χ1n) is 17.3. The van der Waals surface area contributed by atoms with Gasteiger partial charge in [-0.05, 0) is 118 Å². The molecule has 0 saturated carbocycles. The van der Waals surface area contributed by atoms with E-state index in [2.05, 4.69) is 216 Å². The Labute approximate surface area is 302 Å². The second kappa shape index (κ2) is 13.5. The van der Waals surface area contributed by atoms with E-state index in [1.807, 2.05) is 11.3 Å². The van der Waals surface area contributed by atoms with Crippen LogP contribution in [0.25, 0.3) is 42.4 Å². The number of hydrogen-bond donors (Lipinski definition) is 0. The Balaban J connectivity index is 0.999. The molecule has 0 aliphatic rings. The largest absolute Gasteiger partial charge is 0.310 e. The molecule has 3 heteroatoms. The maximum Gasteiger partial charge on any atom is 0.0468 e. The fraction of sp³-hybridized carbons (Fsp3) is 0. The Hall–Kier alpha value is -6.42. The molecule has 0 bridgehead atoms. The third-order valence-electron chi connectivity index (χ3n) is 9.44. The first kappa shape index (κ1) is 30.6. The molecule has 1 aromatic heterocycles. The topological polar surface area (TPSA) is 6.48 Å². The summed E-state index contributed by atoms with van der Waals surface area (Å²) in [6.07, 6.45) is 0. The van der Waals surface area contributed by atoms with Gasteiger partial charge in [0.15, 0.2) is 0 Å². The molecular weight excluding hydrogens is 637 g/mol. The highest BCUT2D eigenvalue weighted by Crippen LogP contribution is 2.41. The highest BCUT2D eigenvalue weighted by atomic mass is 32.1. The van der Waals surface area contributed by atoms with Crippen molar-refractivity contribution in [1.29, 1.82) is 0 Å². The number of fused-ring (bicyclic) bond motifs is 2. The lowest BCUT2D eigenvalue weighted by Crippen LogP contribution is -2.09. The number of benzene rings is 8. The van der Waals surface area contributed by atoms with Crippen LogP contribution in [0.1, 0.15) is 0 Å². The van der Waals surface area contributed by atoms with Gasteiger partial charge in [0, 0.05) is 43.9 Å². The van der Waals surface area contributed by atoms with Crippen molar-refractivity contribution in [1.82, 2.24) is 0 Å². The maximum absolute atomic E-state index is 2.33. The normalized spacial score (nSPS) is 11.1. The van der Waals surface area contributed by atoms with Gasteiger partial charge < -0.3 is 9.80 Å². The van der Waals surface area contributed by atoms with Crippen molar-refractivity contribution in [3.63, 3.8) is 0 Å².